The molecule has 94 valence electrons. The van der Waals surface area contributed by atoms with Gasteiger partial charge in [-0.2, -0.15) is 0 Å². The number of ketones is 1. The second-order valence-electron chi connectivity index (χ2n) is 3.95. The molecule has 6 heteroatoms. The van der Waals surface area contributed by atoms with Gasteiger partial charge in [-0.1, -0.05) is 0 Å². The molecular weight excluding hydrogens is 236 g/mol. The molecule has 0 aromatic heterocycles. The van der Waals surface area contributed by atoms with Crippen molar-refractivity contribution >= 4 is 23.3 Å². The average molecular weight is 248 g/mol. The van der Waals surface area contributed by atoms with Gasteiger partial charge in [0.25, 0.3) is 5.78 Å². The van der Waals surface area contributed by atoms with Crippen LogP contribution >= 0.6 is 0 Å². The summed E-state index contributed by atoms with van der Waals surface area (Å²) in [5.41, 5.74) is 0.930. The van der Waals surface area contributed by atoms with Gasteiger partial charge in [0.15, 0.2) is 0 Å². The molecule has 1 heterocycles. The van der Waals surface area contributed by atoms with Crippen LogP contribution in [0.1, 0.15) is 10.4 Å². The first-order chi connectivity index (χ1) is 8.58. The number of nitrogens with zero attached hydrogens (tertiary/aromatic N) is 1. The lowest BCUT2D eigenvalue weighted by atomic mass is 10.1. The monoisotopic (exact) mass is 248 g/mol. The van der Waals surface area contributed by atoms with Crippen LogP contribution in [0, 0.1) is 0 Å². The number of anilines is 1. The number of amides is 1. The van der Waals surface area contributed by atoms with Crippen LogP contribution in [0.2, 0.25) is 0 Å². The van der Waals surface area contributed by atoms with Crippen LogP contribution in [0.5, 0.6) is 0 Å². The van der Waals surface area contributed by atoms with Crippen molar-refractivity contribution in [3.05, 3.63) is 29.8 Å². The average Bonchev–Trinajstić information content (AvgIpc) is 2.38. The van der Waals surface area contributed by atoms with E-state index in [1.165, 1.54) is 12.1 Å². The highest BCUT2D eigenvalue weighted by atomic mass is 16.4. The molecule has 0 radical (unpaired) electrons. The van der Waals surface area contributed by atoms with E-state index in [1.807, 2.05) is 4.90 Å². The quantitative estimate of drug-likeness (QED) is 0.575. The van der Waals surface area contributed by atoms with E-state index in [9.17, 15) is 14.4 Å². The van der Waals surface area contributed by atoms with Gasteiger partial charge >= 0.3 is 5.97 Å². The fraction of sp³-hybridized carbons (Fsp3) is 0.250. The Kier molecular flexibility index (Phi) is 3.27. The number of carboxylic acid groups (broad SMARTS) is 1. The molecule has 0 aliphatic carbocycles. The van der Waals surface area contributed by atoms with E-state index in [2.05, 4.69) is 5.32 Å². The fourth-order valence-corrected chi connectivity index (χ4v) is 1.81. The van der Waals surface area contributed by atoms with Crippen LogP contribution in [-0.4, -0.2) is 42.4 Å². The van der Waals surface area contributed by atoms with Gasteiger partial charge in [-0.15, -0.1) is 0 Å². The van der Waals surface area contributed by atoms with E-state index in [4.69, 9.17) is 5.11 Å². The highest BCUT2D eigenvalue weighted by Gasteiger charge is 2.18. The number of carbonyl (C=O) groups is 3. The predicted molar refractivity (Wildman–Crippen MR) is 63.6 cm³/mol. The minimum absolute atomic E-state index is 0.0491. The summed E-state index contributed by atoms with van der Waals surface area (Å²) in [7, 11) is 0. The van der Waals surface area contributed by atoms with E-state index in [-0.39, 0.29) is 18.0 Å². The van der Waals surface area contributed by atoms with Crippen LogP contribution in [0.4, 0.5) is 5.69 Å². The molecule has 1 aliphatic rings. The molecule has 0 bridgehead atoms. The topological polar surface area (TPSA) is 86.7 Å². The molecule has 0 spiro atoms. The third kappa shape index (κ3) is 2.48. The van der Waals surface area contributed by atoms with Crippen molar-refractivity contribution in [3.63, 3.8) is 0 Å². The lowest BCUT2D eigenvalue weighted by molar-refractivity contribution is -0.131. The summed E-state index contributed by atoms with van der Waals surface area (Å²) in [6.07, 6.45) is 0. The normalized spacial score (nSPS) is 15.1. The van der Waals surface area contributed by atoms with Crippen LogP contribution < -0.4 is 10.2 Å². The SMILES string of the molecule is O=C1CN(c2ccc(C(=O)C(=O)O)cc2)CCN1. The standard InChI is InChI=1S/C12H12N2O4/c15-10-7-14(6-5-13-10)9-3-1-8(2-4-9)11(16)12(17)18/h1-4H,5-7H2,(H,13,15)(H,17,18). The molecule has 0 saturated carbocycles. The Morgan fingerprint density at radius 3 is 2.44 bits per heavy atom. The van der Waals surface area contributed by atoms with Crippen LogP contribution in [-0.2, 0) is 9.59 Å². The minimum Gasteiger partial charge on any atom is -0.475 e. The molecule has 1 saturated heterocycles. The lowest BCUT2D eigenvalue weighted by Gasteiger charge is -2.28. The molecular formula is C12H12N2O4. The van der Waals surface area contributed by atoms with Crippen molar-refractivity contribution in [1.29, 1.82) is 0 Å². The summed E-state index contributed by atoms with van der Waals surface area (Å²) >= 11 is 0. The van der Waals surface area contributed by atoms with Gasteiger partial charge in [-0.25, -0.2) is 4.79 Å². The summed E-state index contributed by atoms with van der Waals surface area (Å²) in [4.78, 5) is 34.8. The molecule has 1 amide bonds. The van der Waals surface area contributed by atoms with E-state index in [0.29, 0.717) is 13.1 Å². The molecule has 2 N–H and O–H groups in total. The Morgan fingerprint density at radius 1 is 1.22 bits per heavy atom. The molecule has 0 unspecified atom stereocenters. The zero-order chi connectivity index (χ0) is 13.1. The third-order valence-electron chi connectivity index (χ3n) is 2.73. The summed E-state index contributed by atoms with van der Waals surface area (Å²) in [6.45, 7) is 1.54. The van der Waals surface area contributed by atoms with Gasteiger partial charge in [-0.3, -0.25) is 9.59 Å². The summed E-state index contributed by atoms with van der Waals surface area (Å²) in [5, 5.41) is 11.3. The van der Waals surface area contributed by atoms with E-state index in [0.717, 1.165) is 5.69 Å². The second kappa shape index (κ2) is 4.87. The van der Waals surface area contributed by atoms with Crippen LogP contribution in [0.25, 0.3) is 0 Å². The van der Waals surface area contributed by atoms with Crippen molar-refractivity contribution in [1.82, 2.24) is 5.32 Å². The number of rotatable bonds is 3. The van der Waals surface area contributed by atoms with Gasteiger partial charge in [-0.05, 0) is 24.3 Å². The van der Waals surface area contributed by atoms with Crippen molar-refractivity contribution in [2.75, 3.05) is 24.5 Å². The van der Waals surface area contributed by atoms with Gasteiger partial charge in [0.1, 0.15) is 0 Å². The maximum atomic E-state index is 11.2. The number of carbonyl (C=O) groups excluding carboxylic acids is 2. The van der Waals surface area contributed by atoms with Gasteiger partial charge in [0.2, 0.25) is 5.91 Å². The van der Waals surface area contributed by atoms with Crippen molar-refractivity contribution < 1.29 is 19.5 Å². The van der Waals surface area contributed by atoms with E-state index >= 15 is 0 Å². The number of carboxylic acids is 1. The van der Waals surface area contributed by atoms with Crippen LogP contribution in [0.3, 0.4) is 0 Å². The number of aliphatic carboxylic acids is 1. The fourth-order valence-electron chi connectivity index (χ4n) is 1.81. The Balaban J connectivity index is 2.14. The number of hydrogen-bond acceptors (Lipinski definition) is 4. The van der Waals surface area contributed by atoms with Crippen LogP contribution in [0.15, 0.2) is 24.3 Å². The van der Waals surface area contributed by atoms with Crippen molar-refractivity contribution in [2.24, 2.45) is 0 Å². The van der Waals surface area contributed by atoms with Crippen molar-refractivity contribution in [2.45, 2.75) is 0 Å². The van der Waals surface area contributed by atoms with Gasteiger partial charge in [0, 0.05) is 24.3 Å². The van der Waals surface area contributed by atoms with Gasteiger partial charge in [0.05, 0.1) is 6.54 Å². The maximum absolute atomic E-state index is 11.2. The third-order valence-corrected chi connectivity index (χ3v) is 2.73. The molecule has 1 aromatic carbocycles. The maximum Gasteiger partial charge on any atom is 0.377 e. The molecule has 1 aromatic rings. The Morgan fingerprint density at radius 2 is 1.89 bits per heavy atom. The molecule has 1 fully saturated rings. The molecule has 18 heavy (non-hydrogen) atoms. The Bertz CT molecular complexity index is 495. The summed E-state index contributed by atoms with van der Waals surface area (Å²) in [6, 6.07) is 6.21. The number of benzene rings is 1. The Labute approximate surface area is 103 Å². The second-order valence-corrected chi connectivity index (χ2v) is 3.95. The Hall–Kier alpha value is -2.37. The number of Topliss-reactive ketones (excluding diaryl/α,β-unsaturated/α-hetero) is 1. The molecule has 6 nitrogen and oxygen atoms in total. The predicted octanol–water partition coefficient (Wildman–Crippen LogP) is -0.110. The number of nitrogens with one attached hydrogen (secondary N) is 1. The minimum atomic E-state index is -1.47. The zero-order valence-corrected chi connectivity index (χ0v) is 9.55. The summed E-state index contributed by atoms with van der Waals surface area (Å²) in [5.74, 6) is -2.45. The number of hydrogen-bond donors (Lipinski definition) is 2. The largest absolute Gasteiger partial charge is 0.475 e. The smallest absolute Gasteiger partial charge is 0.377 e. The van der Waals surface area contributed by atoms with E-state index < -0.39 is 11.8 Å². The summed E-state index contributed by atoms with van der Waals surface area (Å²) < 4.78 is 0. The van der Waals surface area contributed by atoms with Gasteiger partial charge < -0.3 is 15.3 Å². The number of piperazine rings is 1. The first-order valence-electron chi connectivity index (χ1n) is 5.47. The lowest BCUT2D eigenvalue weighted by Crippen LogP contribution is -2.47. The molecule has 2 rings (SSSR count). The molecule has 0 atom stereocenters. The first kappa shape index (κ1) is 12.1. The van der Waals surface area contributed by atoms with Crippen molar-refractivity contribution in [3.8, 4) is 0 Å². The molecule has 1 aliphatic heterocycles. The first-order valence-corrected chi connectivity index (χ1v) is 5.47. The zero-order valence-electron chi connectivity index (χ0n) is 9.55. The highest BCUT2D eigenvalue weighted by molar-refractivity contribution is 6.39. The van der Waals surface area contributed by atoms with E-state index in [1.54, 1.807) is 12.1 Å². The highest BCUT2D eigenvalue weighted by Crippen LogP contribution is 2.16.